The number of rotatable bonds is 3. The van der Waals surface area contributed by atoms with E-state index in [0.29, 0.717) is 29.3 Å². The van der Waals surface area contributed by atoms with Gasteiger partial charge in [0.2, 0.25) is 0 Å². The minimum absolute atomic E-state index is 0.424. The molecule has 0 aliphatic heterocycles. The van der Waals surface area contributed by atoms with Gasteiger partial charge in [0.15, 0.2) is 0 Å². The van der Waals surface area contributed by atoms with Crippen LogP contribution in [0.1, 0.15) is 122 Å². The monoisotopic (exact) mass is 616 g/mol. The lowest BCUT2D eigenvalue weighted by Gasteiger charge is -2.16. The van der Waals surface area contributed by atoms with Gasteiger partial charge in [-0.15, -0.1) is 0 Å². The van der Waals surface area contributed by atoms with Gasteiger partial charge in [-0.1, -0.05) is 66.7 Å². The molecule has 4 aromatic rings. The zero-order valence-corrected chi connectivity index (χ0v) is 30.0. The SMILES string of the molecule is Cc1cc(C2C=CCC2)cc(C)c1C.Cc1cc(C2CCC(c3cc(C)c(O)c(C)c3)C2)cc(C)c1O.Cc1cccc(C)c1C. The summed E-state index contributed by atoms with van der Waals surface area (Å²) in [5, 5.41) is 19.9. The molecule has 2 aliphatic carbocycles. The van der Waals surface area contributed by atoms with Crippen LogP contribution in [0.4, 0.5) is 0 Å². The third-order valence-electron chi connectivity index (χ3n) is 10.7. The quantitative estimate of drug-likeness (QED) is 0.225. The van der Waals surface area contributed by atoms with Crippen molar-refractivity contribution in [3.05, 3.63) is 139 Å². The number of phenolic OH excluding ortho intramolecular Hbond substituents is 2. The molecule has 244 valence electrons. The summed E-state index contributed by atoms with van der Waals surface area (Å²) in [7, 11) is 0. The lowest BCUT2D eigenvalue weighted by Crippen LogP contribution is -1.98. The first-order valence-corrected chi connectivity index (χ1v) is 17.1. The Morgan fingerprint density at radius 2 is 0.870 bits per heavy atom. The van der Waals surface area contributed by atoms with Crippen LogP contribution in [0.15, 0.2) is 66.7 Å². The van der Waals surface area contributed by atoms with Gasteiger partial charge in [0.05, 0.1) is 0 Å². The second kappa shape index (κ2) is 15.2. The highest BCUT2D eigenvalue weighted by Crippen LogP contribution is 2.45. The van der Waals surface area contributed by atoms with Crippen molar-refractivity contribution in [2.75, 3.05) is 0 Å². The molecule has 2 nitrogen and oxygen atoms in total. The van der Waals surface area contributed by atoms with Crippen molar-refractivity contribution in [1.29, 1.82) is 0 Å². The van der Waals surface area contributed by atoms with Crippen LogP contribution in [0.2, 0.25) is 0 Å². The molecule has 0 aromatic heterocycles. The molecule has 0 bridgehead atoms. The zero-order valence-electron chi connectivity index (χ0n) is 30.0. The number of allylic oxidation sites excluding steroid dienone is 2. The predicted octanol–water partition coefficient (Wildman–Crippen LogP) is 12.0. The first-order chi connectivity index (χ1) is 21.8. The molecule has 2 aliphatic rings. The molecular formula is C44H56O2. The smallest absolute Gasteiger partial charge is 0.121 e. The highest BCUT2D eigenvalue weighted by molar-refractivity contribution is 5.46. The van der Waals surface area contributed by atoms with Crippen LogP contribution in [-0.4, -0.2) is 10.2 Å². The molecule has 1 saturated carbocycles. The molecular weight excluding hydrogens is 560 g/mol. The van der Waals surface area contributed by atoms with Gasteiger partial charge in [-0.3, -0.25) is 0 Å². The molecule has 4 aromatic carbocycles. The highest BCUT2D eigenvalue weighted by atomic mass is 16.3. The maximum absolute atomic E-state index is 9.97. The fourth-order valence-corrected chi connectivity index (χ4v) is 7.13. The summed E-state index contributed by atoms with van der Waals surface area (Å²) >= 11 is 0. The molecule has 0 spiro atoms. The van der Waals surface area contributed by atoms with Crippen LogP contribution in [0, 0.1) is 69.2 Å². The van der Waals surface area contributed by atoms with E-state index in [1.807, 2.05) is 27.7 Å². The maximum Gasteiger partial charge on any atom is 0.121 e. The molecule has 1 fully saturated rings. The zero-order chi connectivity index (χ0) is 33.7. The van der Waals surface area contributed by atoms with Crippen LogP contribution in [0.25, 0.3) is 0 Å². The Kier molecular flexibility index (Phi) is 11.6. The molecule has 0 amide bonds. The summed E-state index contributed by atoms with van der Waals surface area (Å²) in [5.41, 5.74) is 16.6. The van der Waals surface area contributed by atoms with E-state index in [4.69, 9.17) is 0 Å². The molecule has 6 rings (SSSR count). The molecule has 46 heavy (non-hydrogen) atoms. The molecule has 0 radical (unpaired) electrons. The Morgan fingerprint density at radius 1 is 0.478 bits per heavy atom. The van der Waals surface area contributed by atoms with Crippen molar-refractivity contribution in [3.63, 3.8) is 0 Å². The fraction of sp³-hybridized carbons (Fsp3) is 0.409. The minimum Gasteiger partial charge on any atom is -0.507 e. The summed E-state index contributed by atoms with van der Waals surface area (Å²) in [4.78, 5) is 0. The highest BCUT2D eigenvalue weighted by Gasteiger charge is 2.28. The van der Waals surface area contributed by atoms with Gasteiger partial charge < -0.3 is 10.2 Å². The lowest BCUT2D eigenvalue weighted by molar-refractivity contribution is 0.466. The second-order valence-corrected chi connectivity index (χ2v) is 14.1. The lowest BCUT2D eigenvalue weighted by atomic mass is 9.90. The fourth-order valence-electron chi connectivity index (χ4n) is 7.13. The van der Waals surface area contributed by atoms with Gasteiger partial charge in [0, 0.05) is 5.92 Å². The van der Waals surface area contributed by atoms with Crippen molar-refractivity contribution >= 4 is 0 Å². The van der Waals surface area contributed by atoms with Crippen LogP contribution in [0.5, 0.6) is 11.5 Å². The molecule has 0 saturated heterocycles. The van der Waals surface area contributed by atoms with Gasteiger partial charge in [0.1, 0.15) is 11.5 Å². The predicted molar refractivity (Wildman–Crippen MR) is 197 cm³/mol. The first kappa shape index (κ1) is 35.1. The van der Waals surface area contributed by atoms with Crippen LogP contribution >= 0.6 is 0 Å². The number of aryl methyl sites for hydroxylation is 8. The van der Waals surface area contributed by atoms with E-state index >= 15 is 0 Å². The van der Waals surface area contributed by atoms with Crippen LogP contribution in [0.3, 0.4) is 0 Å². The molecule has 0 heterocycles. The van der Waals surface area contributed by atoms with Gasteiger partial charge in [-0.25, -0.2) is 0 Å². The second-order valence-electron chi connectivity index (χ2n) is 14.1. The average molecular weight is 617 g/mol. The van der Waals surface area contributed by atoms with Crippen molar-refractivity contribution in [1.82, 2.24) is 0 Å². The van der Waals surface area contributed by atoms with Gasteiger partial charge in [-0.2, -0.15) is 0 Å². The van der Waals surface area contributed by atoms with Crippen LogP contribution < -0.4 is 0 Å². The normalized spacial score (nSPS) is 18.5. The Balaban J connectivity index is 0.000000176. The standard InChI is InChI=1S/C21H26O2.C14H18.C9H12/c1-12-7-18(8-13(2)20(12)22)16-5-6-17(11-16)19-9-14(3)21(23)15(4)10-19;1-10-8-14(9-11(2)12(10)3)13-6-4-5-7-13;1-7-5-4-6-8(2)9(7)3/h7-10,16-17,22-23H,5-6,11H2,1-4H3;4,6,8-9,13H,5,7H2,1-3H3;4-6H,1-3H3. The Bertz CT molecular complexity index is 1550. The molecule has 3 unspecified atom stereocenters. The van der Waals surface area contributed by atoms with E-state index in [-0.39, 0.29) is 0 Å². The Morgan fingerprint density at radius 3 is 1.24 bits per heavy atom. The van der Waals surface area contributed by atoms with Gasteiger partial charge in [0.25, 0.3) is 0 Å². The Hall–Kier alpha value is -3.78. The van der Waals surface area contributed by atoms with E-state index in [0.717, 1.165) is 28.7 Å². The van der Waals surface area contributed by atoms with Gasteiger partial charge >= 0.3 is 0 Å². The summed E-state index contributed by atoms with van der Waals surface area (Å²) < 4.78 is 0. The number of phenols is 2. The summed E-state index contributed by atoms with van der Waals surface area (Å²) in [6, 6.07) is 19.6. The molecule has 2 heteroatoms. The van der Waals surface area contributed by atoms with E-state index in [2.05, 4.69) is 108 Å². The Labute approximate surface area is 279 Å². The van der Waals surface area contributed by atoms with Crippen molar-refractivity contribution < 1.29 is 10.2 Å². The number of hydrogen-bond donors (Lipinski definition) is 2. The average Bonchev–Trinajstić information content (AvgIpc) is 3.74. The number of hydrogen-bond acceptors (Lipinski definition) is 2. The number of benzene rings is 4. The third-order valence-corrected chi connectivity index (χ3v) is 10.7. The molecule has 2 N–H and O–H groups in total. The van der Waals surface area contributed by atoms with Gasteiger partial charge in [-0.05, 0) is 186 Å². The summed E-state index contributed by atoms with van der Waals surface area (Å²) in [5.74, 6) is 2.65. The van der Waals surface area contributed by atoms with Crippen molar-refractivity contribution in [2.24, 2.45) is 0 Å². The largest absolute Gasteiger partial charge is 0.507 e. The van der Waals surface area contributed by atoms with Crippen molar-refractivity contribution in [3.8, 4) is 11.5 Å². The molecule has 3 atom stereocenters. The van der Waals surface area contributed by atoms with Crippen LogP contribution in [-0.2, 0) is 0 Å². The van der Waals surface area contributed by atoms with E-state index in [1.54, 1.807) is 0 Å². The summed E-state index contributed by atoms with van der Waals surface area (Å²) in [6.07, 6.45) is 10.7. The van der Waals surface area contributed by atoms with Crippen molar-refractivity contribution in [2.45, 2.75) is 119 Å². The summed E-state index contributed by atoms with van der Waals surface area (Å²) in [6.45, 7) is 21.0. The van der Waals surface area contributed by atoms with E-state index in [1.165, 1.54) is 75.8 Å². The number of aromatic hydroxyl groups is 2. The third kappa shape index (κ3) is 8.32. The minimum atomic E-state index is 0.424. The first-order valence-electron chi connectivity index (χ1n) is 17.1. The maximum atomic E-state index is 9.97. The van der Waals surface area contributed by atoms with E-state index in [9.17, 15) is 10.2 Å². The van der Waals surface area contributed by atoms with E-state index < -0.39 is 0 Å². The topological polar surface area (TPSA) is 40.5 Å².